The van der Waals surface area contributed by atoms with E-state index in [4.69, 9.17) is 4.74 Å². The molecule has 3 aromatic rings. The van der Waals surface area contributed by atoms with Gasteiger partial charge in [-0.1, -0.05) is 97.1 Å². The first-order valence-electron chi connectivity index (χ1n) is 10.00. The van der Waals surface area contributed by atoms with E-state index in [1.165, 1.54) is 16.7 Å². The molecule has 0 unspecified atom stereocenters. The van der Waals surface area contributed by atoms with E-state index in [0.29, 0.717) is 5.92 Å². The molecule has 3 atom stereocenters. The Balaban J connectivity index is 1.61. The minimum atomic E-state index is 0.00915. The smallest absolute Gasteiger partial charge is 0.0906 e. The molecule has 1 aliphatic heterocycles. The first kappa shape index (κ1) is 18.7. The summed E-state index contributed by atoms with van der Waals surface area (Å²) in [7, 11) is 0. The highest BCUT2D eigenvalue weighted by atomic mass is 16.5. The quantitative estimate of drug-likeness (QED) is 0.580. The summed E-state index contributed by atoms with van der Waals surface area (Å²) in [5, 5.41) is 3.89. The molecule has 3 aromatic carbocycles. The summed E-state index contributed by atoms with van der Waals surface area (Å²) in [4.78, 5) is 0. The second kappa shape index (κ2) is 9.01. The van der Waals surface area contributed by atoms with E-state index in [-0.39, 0.29) is 18.2 Å². The Morgan fingerprint density at radius 1 is 0.821 bits per heavy atom. The lowest BCUT2D eigenvalue weighted by molar-refractivity contribution is 0.00546. The van der Waals surface area contributed by atoms with Gasteiger partial charge in [0.15, 0.2) is 0 Å². The molecule has 0 amide bonds. The van der Waals surface area contributed by atoms with Crippen molar-refractivity contribution in [3.8, 4) is 0 Å². The van der Waals surface area contributed by atoms with Gasteiger partial charge in [-0.2, -0.15) is 0 Å². The molecule has 0 saturated carbocycles. The Morgan fingerprint density at radius 2 is 1.36 bits per heavy atom. The third kappa shape index (κ3) is 4.24. The van der Waals surface area contributed by atoms with Crippen molar-refractivity contribution in [2.75, 3.05) is 6.61 Å². The van der Waals surface area contributed by atoms with Gasteiger partial charge in [-0.3, -0.25) is 0 Å². The Kier molecular flexibility index (Phi) is 6.01. The number of ether oxygens (including phenoxy) is 1. The lowest BCUT2D eigenvalue weighted by Gasteiger charge is -2.38. The molecule has 0 aromatic heterocycles. The molecule has 1 heterocycles. The van der Waals surface area contributed by atoms with Crippen molar-refractivity contribution in [3.05, 3.63) is 120 Å². The number of benzene rings is 3. The summed E-state index contributed by atoms with van der Waals surface area (Å²) < 4.78 is 6.20. The highest BCUT2D eigenvalue weighted by Gasteiger charge is 2.32. The molecule has 1 aliphatic rings. The molecule has 28 heavy (non-hydrogen) atoms. The van der Waals surface area contributed by atoms with Gasteiger partial charge in [-0.25, -0.2) is 0 Å². The van der Waals surface area contributed by atoms with E-state index >= 15 is 0 Å². The summed E-state index contributed by atoms with van der Waals surface area (Å²) in [6.45, 7) is 4.76. The SMILES string of the molecule is C=C[C@@H]1OC[C@H](c2ccccc2)C[C@@H]1NC(c1ccccc1)c1ccccc1. The predicted molar refractivity (Wildman–Crippen MR) is 115 cm³/mol. The molecular formula is C26H27NO. The highest BCUT2D eigenvalue weighted by Crippen LogP contribution is 2.32. The first-order chi connectivity index (χ1) is 13.8. The van der Waals surface area contributed by atoms with Crippen LogP contribution in [0.25, 0.3) is 0 Å². The molecule has 4 rings (SSSR count). The number of hydrogen-bond acceptors (Lipinski definition) is 2. The monoisotopic (exact) mass is 369 g/mol. The molecule has 1 fully saturated rings. The van der Waals surface area contributed by atoms with E-state index in [0.717, 1.165) is 13.0 Å². The Morgan fingerprint density at radius 3 is 1.89 bits per heavy atom. The van der Waals surface area contributed by atoms with Crippen molar-refractivity contribution < 1.29 is 4.74 Å². The van der Waals surface area contributed by atoms with Crippen LogP contribution in [0, 0.1) is 0 Å². The second-order valence-electron chi connectivity index (χ2n) is 7.40. The maximum atomic E-state index is 6.20. The molecule has 142 valence electrons. The van der Waals surface area contributed by atoms with Crippen LogP contribution in [0.4, 0.5) is 0 Å². The molecular weight excluding hydrogens is 342 g/mol. The van der Waals surface area contributed by atoms with Crippen LogP contribution in [0.5, 0.6) is 0 Å². The molecule has 2 nitrogen and oxygen atoms in total. The second-order valence-corrected chi connectivity index (χ2v) is 7.40. The largest absolute Gasteiger partial charge is 0.372 e. The number of nitrogens with one attached hydrogen (secondary N) is 1. The summed E-state index contributed by atoms with van der Waals surface area (Å²) in [6.07, 6.45) is 2.97. The fourth-order valence-corrected chi connectivity index (χ4v) is 4.09. The topological polar surface area (TPSA) is 21.3 Å². The van der Waals surface area contributed by atoms with Gasteiger partial charge in [-0.05, 0) is 23.1 Å². The first-order valence-corrected chi connectivity index (χ1v) is 10.00. The van der Waals surface area contributed by atoms with Crippen molar-refractivity contribution in [1.82, 2.24) is 5.32 Å². The van der Waals surface area contributed by atoms with Gasteiger partial charge in [-0.15, -0.1) is 6.58 Å². The Labute approximate surface area is 167 Å². The van der Waals surface area contributed by atoms with E-state index in [2.05, 4.69) is 103 Å². The van der Waals surface area contributed by atoms with Gasteiger partial charge in [0.25, 0.3) is 0 Å². The van der Waals surface area contributed by atoms with Gasteiger partial charge in [0.2, 0.25) is 0 Å². The van der Waals surface area contributed by atoms with Crippen LogP contribution < -0.4 is 5.32 Å². The van der Waals surface area contributed by atoms with E-state index < -0.39 is 0 Å². The van der Waals surface area contributed by atoms with E-state index in [1.54, 1.807) is 0 Å². The average molecular weight is 370 g/mol. The van der Waals surface area contributed by atoms with Crippen molar-refractivity contribution in [2.45, 2.75) is 30.5 Å². The lowest BCUT2D eigenvalue weighted by atomic mass is 9.87. The number of rotatable bonds is 6. The summed E-state index contributed by atoms with van der Waals surface area (Å²) in [6, 6.07) is 32.3. The minimum absolute atomic E-state index is 0.00915. The molecule has 1 saturated heterocycles. The molecule has 0 radical (unpaired) electrons. The maximum absolute atomic E-state index is 6.20. The molecule has 0 bridgehead atoms. The zero-order chi connectivity index (χ0) is 19.2. The van der Waals surface area contributed by atoms with Crippen LogP contribution >= 0.6 is 0 Å². The molecule has 2 heteroatoms. The third-order valence-electron chi connectivity index (χ3n) is 5.57. The Bertz CT molecular complexity index is 823. The van der Waals surface area contributed by atoms with Crippen molar-refractivity contribution >= 4 is 0 Å². The summed E-state index contributed by atoms with van der Waals surface area (Å²) in [5.74, 6) is 0.391. The van der Waals surface area contributed by atoms with Gasteiger partial charge >= 0.3 is 0 Å². The molecule has 0 aliphatic carbocycles. The van der Waals surface area contributed by atoms with Crippen LogP contribution in [-0.2, 0) is 4.74 Å². The highest BCUT2D eigenvalue weighted by molar-refractivity contribution is 5.32. The van der Waals surface area contributed by atoms with Crippen LogP contribution in [0.15, 0.2) is 104 Å². The van der Waals surface area contributed by atoms with Crippen LogP contribution in [0.2, 0.25) is 0 Å². The van der Waals surface area contributed by atoms with Crippen LogP contribution in [0.1, 0.15) is 35.1 Å². The molecule has 0 spiro atoms. The normalized spacial score (nSPS) is 22.1. The minimum Gasteiger partial charge on any atom is -0.372 e. The van der Waals surface area contributed by atoms with Crippen molar-refractivity contribution in [2.24, 2.45) is 0 Å². The zero-order valence-corrected chi connectivity index (χ0v) is 16.1. The van der Waals surface area contributed by atoms with Gasteiger partial charge in [0.1, 0.15) is 0 Å². The average Bonchev–Trinajstić information content (AvgIpc) is 2.79. The van der Waals surface area contributed by atoms with Crippen LogP contribution in [0.3, 0.4) is 0 Å². The standard InChI is InChI=1S/C26H27NO/c1-2-25-24(18-23(19-28-25)20-12-6-3-7-13-20)27-26(21-14-8-4-9-15-21)22-16-10-5-11-17-22/h2-17,23-27H,1,18-19H2/t23-,24+,25+/m1/s1. The van der Waals surface area contributed by atoms with Gasteiger partial charge in [0.05, 0.1) is 18.8 Å². The summed E-state index contributed by atoms with van der Waals surface area (Å²) >= 11 is 0. The van der Waals surface area contributed by atoms with Crippen molar-refractivity contribution in [3.63, 3.8) is 0 Å². The van der Waals surface area contributed by atoms with Crippen molar-refractivity contribution in [1.29, 1.82) is 0 Å². The van der Waals surface area contributed by atoms with Gasteiger partial charge in [0, 0.05) is 12.0 Å². The third-order valence-corrected chi connectivity index (χ3v) is 5.57. The van der Waals surface area contributed by atoms with E-state index in [1.807, 2.05) is 6.08 Å². The van der Waals surface area contributed by atoms with Gasteiger partial charge < -0.3 is 10.1 Å². The Hall–Kier alpha value is -2.68. The lowest BCUT2D eigenvalue weighted by Crippen LogP contribution is -2.47. The summed E-state index contributed by atoms with van der Waals surface area (Å²) in [5.41, 5.74) is 3.87. The van der Waals surface area contributed by atoms with E-state index in [9.17, 15) is 0 Å². The molecule has 1 N–H and O–H groups in total. The predicted octanol–water partition coefficient (Wildman–Crippen LogP) is 5.49. The fraction of sp³-hybridized carbons (Fsp3) is 0.231. The fourth-order valence-electron chi connectivity index (χ4n) is 4.09. The number of hydrogen-bond donors (Lipinski definition) is 1. The zero-order valence-electron chi connectivity index (χ0n) is 16.1. The van der Waals surface area contributed by atoms with Crippen LogP contribution in [-0.4, -0.2) is 18.8 Å². The maximum Gasteiger partial charge on any atom is 0.0906 e.